The van der Waals surface area contributed by atoms with Crippen LogP contribution in [0.15, 0.2) is 36.9 Å². The normalized spacial score (nSPS) is 9.95. The largest absolute Gasteiger partial charge is 0.369 e. The molecule has 2 aromatic heterocycles. The Morgan fingerprint density at radius 2 is 2.16 bits per heavy atom. The average Bonchev–Trinajstić information content (AvgIpc) is 2.40. The maximum atomic E-state index is 10.9. The Kier molecular flexibility index (Phi) is 4.39. The molecule has 6 heteroatoms. The number of pyridine rings is 1. The van der Waals surface area contributed by atoms with Gasteiger partial charge in [0.1, 0.15) is 23.7 Å². The van der Waals surface area contributed by atoms with Crippen LogP contribution in [0, 0.1) is 0 Å². The van der Waals surface area contributed by atoms with E-state index in [1.165, 1.54) is 6.33 Å². The number of carbonyl (C=O) groups is 1. The molecule has 0 radical (unpaired) electrons. The van der Waals surface area contributed by atoms with Crippen LogP contribution in [0.2, 0.25) is 0 Å². The molecule has 2 heterocycles. The number of rotatable bonds is 6. The van der Waals surface area contributed by atoms with Gasteiger partial charge >= 0.3 is 0 Å². The number of carbonyl (C=O) groups excluding carboxylic acids is 1. The average molecular weight is 257 g/mol. The van der Waals surface area contributed by atoms with E-state index < -0.39 is 0 Å². The zero-order valence-corrected chi connectivity index (χ0v) is 10.6. The molecule has 2 aromatic rings. The monoisotopic (exact) mass is 257 g/mol. The van der Waals surface area contributed by atoms with Gasteiger partial charge in [-0.3, -0.25) is 9.78 Å². The highest BCUT2D eigenvalue weighted by Gasteiger charge is 2.00. The summed E-state index contributed by atoms with van der Waals surface area (Å²) in [4.78, 5) is 23.1. The van der Waals surface area contributed by atoms with E-state index in [0.29, 0.717) is 24.6 Å². The molecule has 0 spiro atoms. The van der Waals surface area contributed by atoms with Gasteiger partial charge in [0, 0.05) is 25.2 Å². The Hall–Kier alpha value is -2.50. The molecule has 0 saturated heterocycles. The van der Waals surface area contributed by atoms with Crippen molar-refractivity contribution >= 4 is 23.1 Å². The number of nitrogens with zero attached hydrogens (tertiary/aromatic N) is 3. The first-order valence-corrected chi connectivity index (χ1v) is 5.96. The van der Waals surface area contributed by atoms with Crippen LogP contribution in [0.25, 0.3) is 0 Å². The van der Waals surface area contributed by atoms with Crippen LogP contribution in [0.3, 0.4) is 0 Å². The standard InChI is InChI=1S/C13H15N5O/c1-10(19)4-6-15-12-7-13(17-9-16-12)18-11-3-2-5-14-8-11/h2-3,5,7-9H,4,6H2,1H3,(H2,15,16,17,18). The lowest BCUT2D eigenvalue weighted by Crippen LogP contribution is -2.07. The second-order valence-corrected chi connectivity index (χ2v) is 4.03. The van der Waals surface area contributed by atoms with E-state index in [1.54, 1.807) is 25.4 Å². The van der Waals surface area contributed by atoms with Gasteiger partial charge in [-0.2, -0.15) is 0 Å². The zero-order valence-electron chi connectivity index (χ0n) is 10.6. The van der Waals surface area contributed by atoms with Crippen molar-refractivity contribution in [2.24, 2.45) is 0 Å². The molecule has 19 heavy (non-hydrogen) atoms. The van der Waals surface area contributed by atoms with E-state index in [2.05, 4.69) is 25.6 Å². The van der Waals surface area contributed by atoms with Gasteiger partial charge < -0.3 is 10.6 Å². The Morgan fingerprint density at radius 3 is 2.89 bits per heavy atom. The summed E-state index contributed by atoms with van der Waals surface area (Å²) in [5, 5.41) is 6.20. The van der Waals surface area contributed by atoms with Crippen molar-refractivity contribution in [3.05, 3.63) is 36.9 Å². The quantitative estimate of drug-likeness (QED) is 0.824. The summed E-state index contributed by atoms with van der Waals surface area (Å²) in [5.41, 5.74) is 0.857. The van der Waals surface area contributed by atoms with Gasteiger partial charge in [0.05, 0.1) is 11.9 Å². The van der Waals surface area contributed by atoms with Crippen molar-refractivity contribution in [3.63, 3.8) is 0 Å². The van der Waals surface area contributed by atoms with Crippen molar-refractivity contribution in [1.29, 1.82) is 0 Å². The minimum Gasteiger partial charge on any atom is -0.369 e. The lowest BCUT2D eigenvalue weighted by atomic mass is 10.3. The fraction of sp³-hybridized carbons (Fsp3) is 0.231. The number of aromatic nitrogens is 3. The molecule has 0 aliphatic carbocycles. The Balaban J connectivity index is 1.97. The minimum atomic E-state index is 0.148. The third-order valence-corrected chi connectivity index (χ3v) is 2.38. The minimum absolute atomic E-state index is 0.148. The summed E-state index contributed by atoms with van der Waals surface area (Å²) < 4.78 is 0. The predicted molar refractivity (Wildman–Crippen MR) is 73.3 cm³/mol. The molecule has 0 amide bonds. The molecule has 98 valence electrons. The van der Waals surface area contributed by atoms with Crippen LogP contribution in [-0.2, 0) is 4.79 Å². The molecule has 0 atom stereocenters. The number of hydrogen-bond acceptors (Lipinski definition) is 6. The van der Waals surface area contributed by atoms with Crippen LogP contribution < -0.4 is 10.6 Å². The maximum absolute atomic E-state index is 10.9. The van der Waals surface area contributed by atoms with Crippen LogP contribution in [0.5, 0.6) is 0 Å². The van der Waals surface area contributed by atoms with Crippen molar-refractivity contribution in [1.82, 2.24) is 15.0 Å². The highest BCUT2D eigenvalue weighted by atomic mass is 16.1. The zero-order chi connectivity index (χ0) is 13.5. The molecule has 0 saturated carbocycles. The van der Waals surface area contributed by atoms with Crippen LogP contribution >= 0.6 is 0 Å². The summed E-state index contributed by atoms with van der Waals surface area (Å²) in [5.74, 6) is 1.51. The van der Waals surface area contributed by atoms with E-state index in [9.17, 15) is 4.79 Å². The molecule has 2 rings (SSSR count). The molecule has 0 fully saturated rings. The third-order valence-electron chi connectivity index (χ3n) is 2.38. The van der Waals surface area contributed by atoms with Crippen LogP contribution in [-0.4, -0.2) is 27.3 Å². The summed E-state index contributed by atoms with van der Waals surface area (Å²) in [6.07, 6.45) is 5.37. The van der Waals surface area contributed by atoms with Gasteiger partial charge in [-0.15, -0.1) is 0 Å². The van der Waals surface area contributed by atoms with Gasteiger partial charge in [-0.25, -0.2) is 9.97 Å². The Bertz CT molecular complexity index is 544. The van der Waals surface area contributed by atoms with Gasteiger partial charge in [0.25, 0.3) is 0 Å². The predicted octanol–water partition coefficient (Wildman–Crippen LogP) is 2.01. The fourth-order valence-corrected chi connectivity index (χ4v) is 1.47. The first kappa shape index (κ1) is 12.9. The number of Topliss-reactive ketones (excluding diaryl/α,β-unsaturated/α-hetero) is 1. The fourth-order valence-electron chi connectivity index (χ4n) is 1.47. The molecular weight excluding hydrogens is 242 g/mol. The number of hydrogen-bond donors (Lipinski definition) is 2. The van der Waals surface area contributed by atoms with E-state index in [-0.39, 0.29) is 5.78 Å². The Morgan fingerprint density at radius 1 is 1.32 bits per heavy atom. The Labute approximate surface area is 111 Å². The van der Waals surface area contributed by atoms with E-state index in [4.69, 9.17) is 0 Å². The molecule has 6 nitrogen and oxygen atoms in total. The van der Waals surface area contributed by atoms with Crippen molar-refractivity contribution in [3.8, 4) is 0 Å². The third kappa shape index (κ3) is 4.34. The molecule has 0 aliphatic rings. The lowest BCUT2D eigenvalue weighted by molar-refractivity contribution is -0.116. The molecule has 2 N–H and O–H groups in total. The summed E-state index contributed by atoms with van der Waals surface area (Å²) in [7, 11) is 0. The van der Waals surface area contributed by atoms with Gasteiger partial charge in [0.2, 0.25) is 0 Å². The van der Waals surface area contributed by atoms with Crippen LogP contribution in [0.4, 0.5) is 17.3 Å². The van der Waals surface area contributed by atoms with E-state index in [1.807, 2.05) is 12.1 Å². The highest BCUT2D eigenvalue weighted by Crippen LogP contribution is 2.14. The van der Waals surface area contributed by atoms with E-state index >= 15 is 0 Å². The smallest absolute Gasteiger partial charge is 0.135 e. The molecule has 0 aromatic carbocycles. The number of anilines is 3. The summed E-state index contributed by atoms with van der Waals surface area (Å²) in [6.45, 7) is 2.13. The van der Waals surface area contributed by atoms with Gasteiger partial charge in [0.15, 0.2) is 0 Å². The van der Waals surface area contributed by atoms with Crippen molar-refractivity contribution in [2.45, 2.75) is 13.3 Å². The van der Waals surface area contributed by atoms with Gasteiger partial charge in [-0.05, 0) is 19.1 Å². The topological polar surface area (TPSA) is 79.8 Å². The van der Waals surface area contributed by atoms with Crippen molar-refractivity contribution in [2.75, 3.05) is 17.2 Å². The van der Waals surface area contributed by atoms with E-state index in [0.717, 1.165) is 5.69 Å². The summed E-state index contributed by atoms with van der Waals surface area (Å²) >= 11 is 0. The number of nitrogens with one attached hydrogen (secondary N) is 2. The molecule has 0 unspecified atom stereocenters. The highest BCUT2D eigenvalue weighted by molar-refractivity contribution is 5.76. The SMILES string of the molecule is CC(=O)CCNc1cc(Nc2cccnc2)ncn1. The second-order valence-electron chi connectivity index (χ2n) is 4.03. The first-order chi connectivity index (χ1) is 9.24. The summed E-state index contributed by atoms with van der Waals surface area (Å²) in [6, 6.07) is 5.53. The number of ketones is 1. The maximum Gasteiger partial charge on any atom is 0.135 e. The second kappa shape index (κ2) is 6.44. The first-order valence-electron chi connectivity index (χ1n) is 5.96. The van der Waals surface area contributed by atoms with Crippen LogP contribution in [0.1, 0.15) is 13.3 Å². The van der Waals surface area contributed by atoms with Gasteiger partial charge in [-0.1, -0.05) is 0 Å². The molecule has 0 bridgehead atoms. The lowest BCUT2D eigenvalue weighted by Gasteiger charge is -2.07. The molecule has 0 aliphatic heterocycles. The van der Waals surface area contributed by atoms with Crippen molar-refractivity contribution < 1.29 is 4.79 Å². The molecular formula is C13H15N5O.